The molecule has 21 heavy (non-hydrogen) atoms. The maximum Gasteiger partial charge on any atom is 0.119 e. The van der Waals surface area contributed by atoms with E-state index in [1.807, 2.05) is 6.07 Å². The Kier molecular flexibility index (Phi) is 6.34. The van der Waals surface area contributed by atoms with Crippen molar-refractivity contribution >= 4 is 12.4 Å². The molecule has 3 rings (SSSR count). The summed E-state index contributed by atoms with van der Waals surface area (Å²) in [5, 5.41) is 3.46. The van der Waals surface area contributed by atoms with E-state index >= 15 is 0 Å². The Morgan fingerprint density at radius 2 is 2.05 bits per heavy atom. The van der Waals surface area contributed by atoms with Crippen LogP contribution in [0, 0.1) is 5.92 Å². The lowest BCUT2D eigenvalue weighted by atomic mass is 9.96. The third-order valence-corrected chi connectivity index (χ3v) is 4.79. The number of piperidine rings is 1. The van der Waals surface area contributed by atoms with Gasteiger partial charge in [0.15, 0.2) is 0 Å². The predicted molar refractivity (Wildman–Crippen MR) is 89.4 cm³/mol. The number of hydrogen-bond acceptors (Lipinski definition) is 3. The molecule has 0 amide bonds. The number of methoxy groups -OCH3 is 1. The Balaban J connectivity index is 0.00000161. The maximum absolute atomic E-state index is 5.37. The molecule has 2 aliphatic rings. The van der Waals surface area contributed by atoms with Gasteiger partial charge in [-0.2, -0.15) is 0 Å². The molecule has 1 aromatic rings. The summed E-state index contributed by atoms with van der Waals surface area (Å²) < 4.78 is 5.37. The standard InChI is InChI=1S/C17H26N2O.ClH/c1-20-16-5-2-4-15(12-16)17-6-3-11-19(17)13-14-7-9-18-10-8-14;/h2,4-5,12,14,17-18H,3,6-11,13H2,1H3;1H. The highest BCUT2D eigenvalue weighted by Crippen LogP contribution is 2.34. The Hall–Kier alpha value is -0.770. The summed E-state index contributed by atoms with van der Waals surface area (Å²) in [4.78, 5) is 2.70. The predicted octanol–water partition coefficient (Wildman–Crippen LogP) is 3.25. The first kappa shape index (κ1) is 16.6. The number of rotatable bonds is 4. The highest BCUT2D eigenvalue weighted by Gasteiger charge is 2.28. The fraction of sp³-hybridized carbons (Fsp3) is 0.647. The average Bonchev–Trinajstić information content (AvgIpc) is 2.96. The summed E-state index contributed by atoms with van der Waals surface area (Å²) in [7, 11) is 1.75. The van der Waals surface area contributed by atoms with Crippen molar-refractivity contribution in [2.45, 2.75) is 31.7 Å². The molecule has 0 saturated carbocycles. The van der Waals surface area contributed by atoms with E-state index < -0.39 is 0 Å². The normalized spacial score (nSPS) is 23.8. The number of halogens is 1. The molecule has 2 saturated heterocycles. The van der Waals surface area contributed by atoms with Crippen LogP contribution in [0.1, 0.15) is 37.3 Å². The van der Waals surface area contributed by atoms with E-state index in [1.165, 1.54) is 57.4 Å². The van der Waals surface area contributed by atoms with Crippen LogP contribution in [-0.2, 0) is 0 Å². The van der Waals surface area contributed by atoms with Crippen LogP contribution in [0.3, 0.4) is 0 Å². The summed E-state index contributed by atoms with van der Waals surface area (Å²) in [6, 6.07) is 9.23. The van der Waals surface area contributed by atoms with Crippen LogP contribution < -0.4 is 10.1 Å². The molecule has 2 heterocycles. The van der Waals surface area contributed by atoms with Gasteiger partial charge in [0.1, 0.15) is 5.75 Å². The van der Waals surface area contributed by atoms with Gasteiger partial charge in [0.05, 0.1) is 7.11 Å². The molecule has 1 N–H and O–H groups in total. The smallest absolute Gasteiger partial charge is 0.119 e. The molecule has 1 unspecified atom stereocenters. The van der Waals surface area contributed by atoms with Crippen LogP contribution in [-0.4, -0.2) is 38.2 Å². The first-order valence-electron chi connectivity index (χ1n) is 7.95. The molecule has 1 aromatic carbocycles. The van der Waals surface area contributed by atoms with Gasteiger partial charge < -0.3 is 10.1 Å². The molecule has 0 bridgehead atoms. The average molecular weight is 311 g/mol. The summed E-state index contributed by atoms with van der Waals surface area (Å²) in [5.74, 6) is 1.86. The zero-order valence-corrected chi connectivity index (χ0v) is 13.7. The second-order valence-corrected chi connectivity index (χ2v) is 6.12. The Morgan fingerprint density at radius 3 is 2.81 bits per heavy atom. The van der Waals surface area contributed by atoms with E-state index in [-0.39, 0.29) is 12.4 Å². The lowest BCUT2D eigenvalue weighted by Gasteiger charge is -2.31. The van der Waals surface area contributed by atoms with Gasteiger partial charge in [-0.1, -0.05) is 12.1 Å². The molecule has 4 heteroatoms. The number of benzene rings is 1. The van der Waals surface area contributed by atoms with Crippen molar-refractivity contribution in [1.82, 2.24) is 10.2 Å². The number of nitrogens with zero attached hydrogens (tertiary/aromatic N) is 1. The zero-order valence-electron chi connectivity index (χ0n) is 12.9. The Bertz CT molecular complexity index is 435. The lowest BCUT2D eigenvalue weighted by molar-refractivity contribution is 0.193. The molecule has 0 aromatic heterocycles. The number of nitrogens with one attached hydrogen (secondary N) is 1. The lowest BCUT2D eigenvalue weighted by Crippen LogP contribution is -2.36. The summed E-state index contributed by atoms with van der Waals surface area (Å²) in [6.45, 7) is 4.92. The quantitative estimate of drug-likeness (QED) is 0.924. The van der Waals surface area contributed by atoms with E-state index in [2.05, 4.69) is 28.4 Å². The van der Waals surface area contributed by atoms with Crippen LogP contribution in [0.15, 0.2) is 24.3 Å². The summed E-state index contributed by atoms with van der Waals surface area (Å²) in [6.07, 6.45) is 5.29. The van der Waals surface area contributed by atoms with E-state index in [0.717, 1.165) is 11.7 Å². The second-order valence-electron chi connectivity index (χ2n) is 6.12. The SMILES string of the molecule is COc1cccc(C2CCCN2CC2CCNCC2)c1.Cl. The van der Waals surface area contributed by atoms with E-state index in [9.17, 15) is 0 Å². The van der Waals surface area contributed by atoms with Crippen molar-refractivity contribution in [3.8, 4) is 5.75 Å². The van der Waals surface area contributed by atoms with Crippen molar-refractivity contribution in [3.05, 3.63) is 29.8 Å². The molecular formula is C17H27ClN2O. The minimum atomic E-state index is 0. The fourth-order valence-electron chi connectivity index (χ4n) is 3.67. The van der Waals surface area contributed by atoms with Gasteiger partial charge in [0.25, 0.3) is 0 Å². The van der Waals surface area contributed by atoms with Gasteiger partial charge in [-0.15, -0.1) is 12.4 Å². The molecule has 1 atom stereocenters. The second kappa shape index (κ2) is 8.02. The maximum atomic E-state index is 5.37. The number of hydrogen-bond donors (Lipinski definition) is 1. The minimum Gasteiger partial charge on any atom is -0.497 e. The topological polar surface area (TPSA) is 24.5 Å². The van der Waals surface area contributed by atoms with Gasteiger partial charge in [0.2, 0.25) is 0 Å². The highest BCUT2D eigenvalue weighted by atomic mass is 35.5. The van der Waals surface area contributed by atoms with E-state index in [0.29, 0.717) is 6.04 Å². The van der Waals surface area contributed by atoms with Gasteiger partial charge >= 0.3 is 0 Å². The first-order chi connectivity index (χ1) is 9.86. The van der Waals surface area contributed by atoms with Crippen molar-refractivity contribution in [3.63, 3.8) is 0 Å². The molecule has 2 fully saturated rings. The monoisotopic (exact) mass is 310 g/mol. The molecule has 0 radical (unpaired) electrons. The van der Waals surface area contributed by atoms with Crippen LogP contribution in [0.4, 0.5) is 0 Å². The van der Waals surface area contributed by atoms with Crippen molar-refractivity contribution in [2.24, 2.45) is 5.92 Å². The van der Waals surface area contributed by atoms with Gasteiger partial charge in [-0.25, -0.2) is 0 Å². The molecule has 118 valence electrons. The van der Waals surface area contributed by atoms with Crippen molar-refractivity contribution in [2.75, 3.05) is 33.3 Å². The molecule has 0 spiro atoms. The van der Waals surface area contributed by atoms with E-state index in [1.54, 1.807) is 7.11 Å². The minimum absolute atomic E-state index is 0. The Morgan fingerprint density at radius 1 is 1.24 bits per heavy atom. The van der Waals surface area contributed by atoms with Gasteiger partial charge in [0, 0.05) is 12.6 Å². The molecule has 2 aliphatic heterocycles. The largest absolute Gasteiger partial charge is 0.497 e. The summed E-state index contributed by atoms with van der Waals surface area (Å²) in [5.41, 5.74) is 1.43. The van der Waals surface area contributed by atoms with Gasteiger partial charge in [-0.3, -0.25) is 4.90 Å². The van der Waals surface area contributed by atoms with Crippen LogP contribution >= 0.6 is 12.4 Å². The molecular weight excluding hydrogens is 284 g/mol. The number of ether oxygens (including phenoxy) is 1. The number of likely N-dealkylation sites (tertiary alicyclic amines) is 1. The van der Waals surface area contributed by atoms with Gasteiger partial charge in [-0.05, 0) is 68.9 Å². The van der Waals surface area contributed by atoms with Crippen LogP contribution in [0.2, 0.25) is 0 Å². The zero-order chi connectivity index (χ0) is 13.8. The first-order valence-corrected chi connectivity index (χ1v) is 7.95. The molecule has 3 nitrogen and oxygen atoms in total. The van der Waals surface area contributed by atoms with E-state index in [4.69, 9.17) is 4.74 Å². The van der Waals surface area contributed by atoms with Crippen molar-refractivity contribution in [1.29, 1.82) is 0 Å². The van der Waals surface area contributed by atoms with Crippen LogP contribution in [0.25, 0.3) is 0 Å². The van der Waals surface area contributed by atoms with Crippen LogP contribution in [0.5, 0.6) is 5.75 Å². The molecule has 0 aliphatic carbocycles. The Labute approximate surface area is 134 Å². The fourth-order valence-corrected chi connectivity index (χ4v) is 3.67. The third kappa shape index (κ3) is 4.12. The summed E-state index contributed by atoms with van der Waals surface area (Å²) >= 11 is 0. The third-order valence-electron chi connectivity index (χ3n) is 4.79. The van der Waals surface area contributed by atoms with Crippen molar-refractivity contribution < 1.29 is 4.74 Å². The highest BCUT2D eigenvalue weighted by molar-refractivity contribution is 5.85.